The normalized spacial score (nSPS) is 10.6. The minimum atomic E-state index is 0.224. The Morgan fingerprint density at radius 3 is 2.69 bits per heavy atom. The van der Waals surface area contributed by atoms with Crippen LogP contribution < -0.4 is 32.2 Å². The summed E-state index contributed by atoms with van der Waals surface area (Å²) in [5, 5.41) is 4.43. The van der Waals surface area contributed by atoms with Crippen LogP contribution in [0.2, 0.25) is 0 Å². The average molecular weight is 355 g/mol. The lowest BCUT2D eigenvalue weighted by Crippen LogP contribution is -2.13. The molecule has 0 aliphatic heterocycles. The van der Waals surface area contributed by atoms with Crippen LogP contribution in [0.1, 0.15) is 5.56 Å². The number of nitrogens with two attached hydrogens (primary N) is 3. The highest BCUT2D eigenvalue weighted by atomic mass is 16.5. The van der Waals surface area contributed by atoms with E-state index < -0.39 is 0 Å². The number of nitrogens with one attached hydrogen (secondary N) is 1. The summed E-state index contributed by atoms with van der Waals surface area (Å²) in [6.07, 6.45) is 1.87. The Balaban J connectivity index is 1.91. The van der Waals surface area contributed by atoms with Crippen LogP contribution in [0.3, 0.4) is 0 Å². The Morgan fingerprint density at radius 1 is 1.23 bits per heavy atom. The van der Waals surface area contributed by atoms with Crippen LogP contribution in [0.5, 0.6) is 11.5 Å². The third-order valence-electron chi connectivity index (χ3n) is 3.85. The van der Waals surface area contributed by atoms with E-state index in [0.717, 1.165) is 16.8 Å². The summed E-state index contributed by atoms with van der Waals surface area (Å²) < 4.78 is 13.2. The van der Waals surface area contributed by atoms with E-state index >= 15 is 0 Å². The van der Waals surface area contributed by atoms with Gasteiger partial charge in [-0.3, -0.25) is 4.68 Å². The van der Waals surface area contributed by atoms with Crippen molar-refractivity contribution in [2.45, 2.75) is 6.61 Å². The minimum Gasteiger partial charge on any atom is -0.496 e. The van der Waals surface area contributed by atoms with Gasteiger partial charge in [-0.25, -0.2) is 10.8 Å². The summed E-state index contributed by atoms with van der Waals surface area (Å²) in [5.74, 6) is 6.97. The van der Waals surface area contributed by atoms with Gasteiger partial charge in [0.05, 0.1) is 12.8 Å². The number of anilines is 3. The second kappa shape index (κ2) is 7.19. The molecule has 0 saturated carbocycles. The first-order valence-corrected chi connectivity index (χ1v) is 7.84. The largest absolute Gasteiger partial charge is 0.496 e. The van der Waals surface area contributed by atoms with E-state index in [-0.39, 0.29) is 23.9 Å². The van der Waals surface area contributed by atoms with Gasteiger partial charge < -0.3 is 26.4 Å². The highest BCUT2D eigenvalue weighted by Crippen LogP contribution is 2.34. The number of aryl methyl sites for hydroxylation is 1. The van der Waals surface area contributed by atoms with Crippen LogP contribution in [0.25, 0.3) is 11.3 Å². The number of hydrazine groups is 1. The van der Waals surface area contributed by atoms with E-state index in [2.05, 4.69) is 15.5 Å². The zero-order chi connectivity index (χ0) is 18.7. The van der Waals surface area contributed by atoms with E-state index in [4.69, 9.17) is 26.8 Å². The van der Waals surface area contributed by atoms with Crippen molar-refractivity contribution in [2.24, 2.45) is 12.9 Å². The third kappa shape index (κ3) is 3.33. The van der Waals surface area contributed by atoms with E-state index in [1.54, 1.807) is 17.9 Å². The molecule has 0 spiro atoms. The maximum Gasteiger partial charge on any atom is 0.169 e. The maximum absolute atomic E-state index is 5.99. The molecular formula is C17H21N7O2. The monoisotopic (exact) mass is 355 g/mol. The van der Waals surface area contributed by atoms with E-state index in [9.17, 15) is 0 Å². The van der Waals surface area contributed by atoms with Gasteiger partial charge in [-0.2, -0.15) is 5.10 Å². The van der Waals surface area contributed by atoms with Gasteiger partial charge in [-0.15, -0.1) is 0 Å². The van der Waals surface area contributed by atoms with E-state index in [1.807, 2.05) is 37.5 Å². The summed E-state index contributed by atoms with van der Waals surface area (Å²) in [6.45, 7) is 0.224. The molecule has 0 fully saturated rings. The summed E-state index contributed by atoms with van der Waals surface area (Å²) in [5.41, 5.74) is 17.0. The minimum absolute atomic E-state index is 0.224. The molecule has 1 aromatic carbocycles. The Morgan fingerprint density at radius 2 is 2.04 bits per heavy atom. The summed E-state index contributed by atoms with van der Waals surface area (Å²) >= 11 is 0. The summed E-state index contributed by atoms with van der Waals surface area (Å²) in [6, 6.07) is 9.24. The number of para-hydroxylation sites is 1. The van der Waals surface area contributed by atoms with Crippen molar-refractivity contribution in [2.75, 3.05) is 24.0 Å². The van der Waals surface area contributed by atoms with Crippen molar-refractivity contribution >= 4 is 17.3 Å². The molecule has 26 heavy (non-hydrogen) atoms. The number of rotatable bonds is 6. The van der Waals surface area contributed by atoms with Gasteiger partial charge >= 0.3 is 0 Å². The molecule has 0 aliphatic rings. The Kier molecular flexibility index (Phi) is 4.81. The van der Waals surface area contributed by atoms with Crippen LogP contribution in [0, 0.1) is 0 Å². The molecule has 0 saturated heterocycles. The second-order valence-corrected chi connectivity index (χ2v) is 5.61. The average Bonchev–Trinajstić information content (AvgIpc) is 3.07. The number of pyridine rings is 1. The molecule has 136 valence electrons. The smallest absolute Gasteiger partial charge is 0.169 e. The molecule has 0 unspecified atom stereocenters. The van der Waals surface area contributed by atoms with Crippen LogP contribution in [0.4, 0.5) is 17.3 Å². The first-order chi connectivity index (χ1) is 12.5. The number of aromatic nitrogens is 3. The number of nitrogen functional groups attached to an aromatic ring is 3. The number of ether oxygens (including phenoxy) is 2. The molecule has 0 radical (unpaired) electrons. The predicted molar refractivity (Wildman–Crippen MR) is 100 cm³/mol. The fraction of sp³-hybridized carbons (Fsp3) is 0.176. The molecule has 3 rings (SSSR count). The Hall–Kier alpha value is -3.46. The molecule has 9 nitrogen and oxygen atoms in total. The van der Waals surface area contributed by atoms with Crippen molar-refractivity contribution in [3.63, 3.8) is 0 Å². The lowest BCUT2D eigenvalue weighted by Gasteiger charge is -2.15. The third-order valence-corrected chi connectivity index (χ3v) is 3.85. The Labute approximate surface area is 150 Å². The van der Waals surface area contributed by atoms with Crippen LogP contribution >= 0.6 is 0 Å². The summed E-state index contributed by atoms with van der Waals surface area (Å²) in [7, 11) is 3.48. The van der Waals surface area contributed by atoms with Crippen LogP contribution in [-0.2, 0) is 13.7 Å². The van der Waals surface area contributed by atoms with E-state index in [1.165, 1.54) is 0 Å². The molecule has 2 heterocycles. The molecule has 7 N–H and O–H groups in total. The number of nitrogens with zero attached hydrogens (tertiary/aromatic N) is 3. The lowest BCUT2D eigenvalue weighted by molar-refractivity contribution is 0.298. The maximum atomic E-state index is 5.99. The SMILES string of the molecule is COc1c(COc2cc(N)nc(NN)c2N)cccc1-c1ccn(C)n1. The van der Waals surface area contributed by atoms with Gasteiger partial charge in [0, 0.05) is 30.4 Å². The molecule has 9 heteroatoms. The highest BCUT2D eigenvalue weighted by Gasteiger charge is 2.15. The first-order valence-electron chi connectivity index (χ1n) is 7.84. The topological polar surface area (TPSA) is 139 Å². The standard InChI is InChI=1S/C17H21N7O2/c1-24-7-6-12(23-24)11-5-3-4-10(16(11)25-2)9-26-13-8-14(18)21-17(22-20)15(13)19/h3-8H,9,19-20H2,1-2H3,(H3,18,21,22). The van der Waals surface area contributed by atoms with Crippen LogP contribution in [-0.4, -0.2) is 21.9 Å². The van der Waals surface area contributed by atoms with Crippen LogP contribution in [0.15, 0.2) is 36.5 Å². The molecule has 2 aromatic heterocycles. The number of benzene rings is 1. The fourth-order valence-corrected chi connectivity index (χ4v) is 2.64. The molecule has 0 aliphatic carbocycles. The quantitative estimate of drug-likeness (QED) is 0.385. The molecule has 0 bridgehead atoms. The lowest BCUT2D eigenvalue weighted by atomic mass is 10.1. The van der Waals surface area contributed by atoms with Gasteiger partial charge in [-0.05, 0) is 12.1 Å². The van der Waals surface area contributed by atoms with E-state index in [0.29, 0.717) is 11.5 Å². The summed E-state index contributed by atoms with van der Waals surface area (Å²) in [4.78, 5) is 4.00. The molecule has 0 amide bonds. The fourth-order valence-electron chi connectivity index (χ4n) is 2.64. The molecular weight excluding hydrogens is 334 g/mol. The van der Waals surface area contributed by atoms with Gasteiger partial charge in [0.1, 0.15) is 29.6 Å². The zero-order valence-corrected chi connectivity index (χ0v) is 14.6. The van der Waals surface area contributed by atoms with Crippen molar-refractivity contribution in [3.8, 4) is 22.8 Å². The predicted octanol–water partition coefficient (Wildman–Crippen LogP) is 1.52. The number of hydrogen-bond acceptors (Lipinski definition) is 8. The van der Waals surface area contributed by atoms with Crippen molar-refractivity contribution in [1.82, 2.24) is 14.8 Å². The van der Waals surface area contributed by atoms with Crippen molar-refractivity contribution in [3.05, 3.63) is 42.1 Å². The van der Waals surface area contributed by atoms with Gasteiger partial charge in [0.2, 0.25) is 0 Å². The van der Waals surface area contributed by atoms with Crippen molar-refractivity contribution in [1.29, 1.82) is 0 Å². The first kappa shape index (κ1) is 17.4. The van der Waals surface area contributed by atoms with Crippen molar-refractivity contribution < 1.29 is 9.47 Å². The van der Waals surface area contributed by atoms with Gasteiger partial charge in [0.15, 0.2) is 5.82 Å². The second-order valence-electron chi connectivity index (χ2n) is 5.61. The Bertz CT molecular complexity index is 923. The number of methoxy groups -OCH3 is 1. The molecule has 3 aromatic rings. The highest BCUT2D eigenvalue weighted by molar-refractivity contribution is 5.72. The van der Waals surface area contributed by atoms with Gasteiger partial charge in [0.25, 0.3) is 0 Å². The zero-order valence-electron chi connectivity index (χ0n) is 14.6. The molecule has 0 atom stereocenters. The van der Waals surface area contributed by atoms with Gasteiger partial charge in [-0.1, -0.05) is 12.1 Å². The number of hydrogen-bond donors (Lipinski definition) is 4.